The maximum absolute atomic E-state index is 12.6. The normalized spacial score (nSPS) is 22.6. The molecular formula is C22H28N2O3S2. The van der Waals surface area contributed by atoms with Crippen molar-refractivity contribution in [3.8, 4) is 0 Å². The number of carboxylic acid groups (broad SMARTS) is 1. The van der Waals surface area contributed by atoms with Crippen molar-refractivity contribution in [1.82, 2.24) is 4.90 Å². The predicted molar refractivity (Wildman–Crippen MR) is 123 cm³/mol. The maximum atomic E-state index is 12.6. The van der Waals surface area contributed by atoms with Crippen molar-refractivity contribution < 1.29 is 14.7 Å². The van der Waals surface area contributed by atoms with Crippen LogP contribution in [-0.4, -0.2) is 44.3 Å². The SMILES string of the molecule is Cc1cc2c(cc1/C=C1/SC(=S)N(CC(=O)O)C1=O)[C@@H](C)CC(C)(C)N2C(C)C. The van der Waals surface area contributed by atoms with Crippen LogP contribution in [0.15, 0.2) is 17.0 Å². The summed E-state index contributed by atoms with van der Waals surface area (Å²) in [4.78, 5) is 27.8. The van der Waals surface area contributed by atoms with Crippen LogP contribution in [0.1, 0.15) is 63.6 Å². The van der Waals surface area contributed by atoms with Crippen LogP contribution in [0.25, 0.3) is 6.08 Å². The number of fused-ring (bicyclic) bond motifs is 1. The average Bonchev–Trinajstić information content (AvgIpc) is 2.82. The molecule has 0 spiro atoms. The molecule has 2 aliphatic heterocycles. The number of amides is 1. The molecule has 7 heteroatoms. The van der Waals surface area contributed by atoms with E-state index in [0.717, 1.165) is 22.4 Å². The minimum Gasteiger partial charge on any atom is -0.480 e. The molecule has 0 radical (unpaired) electrons. The van der Waals surface area contributed by atoms with Gasteiger partial charge in [0.25, 0.3) is 5.91 Å². The van der Waals surface area contributed by atoms with Crippen LogP contribution >= 0.6 is 24.0 Å². The molecule has 2 heterocycles. The van der Waals surface area contributed by atoms with Gasteiger partial charge in [-0.15, -0.1) is 0 Å². The van der Waals surface area contributed by atoms with E-state index in [1.807, 2.05) is 6.08 Å². The van der Waals surface area contributed by atoms with Crippen molar-refractivity contribution >= 4 is 51.9 Å². The molecule has 0 aliphatic carbocycles. The number of hydrogen-bond donors (Lipinski definition) is 1. The molecule has 0 saturated carbocycles. The number of aliphatic carboxylic acids is 1. The highest BCUT2D eigenvalue weighted by molar-refractivity contribution is 8.26. The number of nitrogens with zero attached hydrogens (tertiary/aromatic N) is 2. The number of rotatable bonds is 4. The first kappa shape index (κ1) is 21.8. The molecule has 0 unspecified atom stereocenters. The second-order valence-corrected chi connectivity index (χ2v) is 10.5. The van der Waals surface area contributed by atoms with Gasteiger partial charge in [0.15, 0.2) is 0 Å². The summed E-state index contributed by atoms with van der Waals surface area (Å²) >= 11 is 6.37. The summed E-state index contributed by atoms with van der Waals surface area (Å²) in [6, 6.07) is 4.79. The highest BCUT2D eigenvalue weighted by atomic mass is 32.2. The number of benzene rings is 1. The van der Waals surface area contributed by atoms with Gasteiger partial charge in [-0.25, -0.2) is 0 Å². The van der Waals surface area contributed by atoms with Crippen molar-refractivity contribution in [1.29, 1.82) is 0 Å². The Morgan fingerprint density at radius 2 is 2.07 bits per heavy atom. The van der Waals surface area contributed by atoms with Gasteiger partial charge in [0.1, 0.15) is 10.9 Å². The van der Waals surface area contributed by atoms with E-state index in [4.69, 9.17) is 17.3 Å². The number of thiocarbonyl (C=S) groups is 1. The molecule has 1 amide bonds. The van der Waals surface area contributed by atoms with E-state index in [-0.39, 0.29) is 11.4 Å². The molecule has 2 aliphatic rings. The molecule has 1 fully saturated rings. The highest BCUT2D eigenvalue weighted by Gasteiger charge is 2.38. The Labute approximate surface area is 182 Å². The number of carboxylic acids is 1. The van der Waals surface area contributed by atoms with Crippen LogP contribution in [0.2, 0.25) is 0 Å². The Bertz CT molecular complexity index is 921. The van der Waals surface area contributed by atoms with E-state index in [1.165, 1.54) is 23.0 Å². The Kier molecular flexibility index (Phi) is 5.84. The lowest BCUT2D eigenvalue weighted by atomic mass is 9.78. The summed E-state index contributed by atoms with van der Waals surface area (Å²) in [5.41, 5.74) is 4.69. The molecule has 1 aromatic carbocycles. The fourth-order valence-electron chi connectivity index (χ4n) is 4.66. The molecular weight excluding hydrogens is 404 g/mol. The first-order valence-corrected chi connectivity index (χ1v) is 11.1. The van der Waals surface area contributed by atoms with Gasteiger partial charge in [-0.2, -0.15) is 0 Å². The maximum Gasteiger partial charge on any atom is 0.323 e. The van der Waals surface area contributed by atoms with Crippen molar-refractivity contribution in [2.75, 3.05) is 11.4 Å². The lowest BCUT2D eigenvalue weighted by molar-refractivity contribution is -0.140. The Morgan fingerprint density at radius 1 is 1.41 bits per heavy atom. The number of thioether (sulfide) groups is 1. The zero-order chi connectivity index (χ0) is 21.7. The topological polar surface area (TPSA) is 60.9 Å². The molecule has 1 atom stereocenters. The molecule has 5 nitrogen and oxygen atoms in total. The summed E-state index contributed by atoms with van der Waals surface area (Å²) in [6.07, 6.45) is 2.91. The van der Waals surface area contributed by atoms with Gasteiger partial charge in [0, 0.05) is 17.3 Å². The van der Waals surface area contributed by atoms with Gasteiger partial charge in [-0.1, -0.05) is 30.9 Å². The molecule has 1 saturated heterocycles. The monoisotopic (exact) mass is 432 g/mol. The van der Waals surface area contributed by atoms with Crippen molar-refractivity contribution in [2.45, 2.75) is 65.5 Å². The second-order valence-electron chi connectivity index (χ2n) is 8.81. The van der Waals surface area contributed by atoms with Gasteiger partial charge < -0.3 is 10.0 Å². The molecule has 1 aromatic rings. The van der Waals surface area contributed by atoms with Crippen molar-refractivity contribution in [2.24, 2.45) is 0 Å². The third kappa shape index (κ3) is 4.08. The summed E-state index contributed by atoms with van der Waals surface area (Å²) < 4.78 is 0.292. The van der Waals surface area contributed by atoms with E-state index in [9.17, 15) is 9.59 Å². The van der Waals surface area contributed by atoms with Gasteiger partial charge in [-0.3, -0.25) is 14.5 Å². The van der Waals surface area contributed by atoms with Crippen LogP contribution in [-0.2, 0) is 9.59 Å². The fraction of sp³-hybridized carbons (Fsp3) is 0.500. The van der Waals surface area contributed by atoms with Gasteiger partial charge >= 0.3 is 5.97 Å². The zero-order valence-corrected chi connectivity index (χ0v) is 19.4. The average molecular weight is 433 g/mol. The predicted octanol–water partition coefficient (Wildman–Crippen LogP) is 4.78. The molecule has 3 rings (SSSR count). The lowest BCUT2D eigenvalue weighted by Gasteiger charge is -2.50. The Hall–Kier alpha value is -1.86. The third-order valence-electron chi connectivity index (χ3n) is 5.63. The number of carbonyl (C=O) groups is 2. The molecule has 0 aromatic heterocycles. The van der Waals surface area contributed by atoms with E-state index >= 15 is 0 Å². The first-order valence-electron chi connectivity index (χ1n) is 9.83. The van der Waals surface area contributed by atoms with Gasteiger partial charge in [0.2, 0.25) is 0 Å². The Morgan fingerprint density at radius 3 is 2.66 bits per heavy atom. The number of carbonyl (C=O) groups excluding carboxylic acids is 1. The minimum absolute atomic E-state index is 0.0772. The largest absolute Gasteiger partial charge is 0.480 e. The molecule has 156 valence electrons. The Balaban J connectivity index is 2.03. The van der Waals surface area contributed by atoms with Crippen LogP contribution in [0.4, 0.5) is 5.69 Å². The summed E-state index contributed by atoms with van der Waals surface area (Å²) in [5, 5.41) is 9.02. The van der Waals surface area contributed by atoms with Gasteiger partial charge in [0.05, 0.1) is 4.91 Å². The standard InChI is InChI=1S/C22H28N2O3S2/c1-12(2)24-17-7-13(3)15(8-16(17)14(4)10-22(24,5)6)9-18-20(27)23(11-19(25)26)21(28)29-18/h7-9,12,14H,10-11H2,1-6H3,(H,25,26)/b18-9+/t14-/m0/s1. The van der Waals surface area contributed by atoms with Crippen molar-refractivity contribution in [3.63, 3.8) is 0 Å². The van der Waals surface area contributed by atoms with E-state index < -0.39 is 12.5 Å². The van der Waals surface area contributed by atoms with E-state index in [1.54, 1.807) is 0 Å². The number of anilines is 1. The lowest BCUT2D eigenvalue weighted by Crippen LogP contribution is -2.51. The highest BCUT2D eigenvalue weighted by Crippen LogP contribution is 2.46. The van der Waals surface area contributed by atoms with E-state index in [0.29, 0.717) is 21.2 Å². The van der Waals surface area contributed by atoms with Crippen LogP contribution < -0.4 is 4.90 Å². The summed E-state index contributed by atoms with van der Waals surface area (Å²) in [5.74, 6) is -1.00. The van der Waals surface area contributed by atoms with Crippen LogP contribution in [0.5, 0.6) is 0 Å². The zero-order valence-electron chi connectivity index (χ0n) is 17.8. The van der Waals surface area contributed by atoms with Gasteiger partial charge in [-0.05, 0) is 81.9 Å². The first-order chi connectivity index (χ1) is 13.4. The molecule has 1 N–H and O–H groups in total. The third-order valence-corrected chi connectivity index (χ3v) is 7.01. The second kappa shape index (κ2) is 7.76. The fourth-order valence-corrected chi connectivity index (χ4v) is 5.91. The molecule has 29 heavy (non-hydrogen) atoms. The smallest absolute Gasteiger partial charge is 0.323 e. The number of hydrogen-bond acceptors (Lipinski definition) is 5. The van der Waals surface area contributed by atoms with Crippen LogP contribution in [0, 0.1) is 6.92 Å². The number of aryl methyl sites for hydroxylation is 1. The summed E-state index contributed by atoms with van der Waals surface area (Å²) in [6.45, 7) is 12.9. The minimum atomic E-state index is -1.07. The summed E-state index contributed by atoms with van der Waals surface area (Å²) in [7, 11) is 0. The van der Waals surface area contributed by atoms with E-state index in [2.05, 4.69) is 58.6 Å². The van der Waals surface area contributed by atoms with Crippen molar-refractivity contribution in [3.05, 3.63) is 33.7 Å². The van der Waals surface area contributed by atoms with Crippen LogP contribution in [0.3, 0.4) is 0 Å². The molecule has 0 bridgehead atoms. The quantitative estimate of drug-likeness (QED) is 0.546.